The van der Waals surface area contributed by atoms with Crippen LogP contribution in [0.15, 0.2) is 46.6 Å². The van der Waals surface area contributed by atoms with E-state index >= 15 is 0 Å². The van der Waals surface area contributed by atoms with E-state index in [9.17, 15) is 49.5 Å². The molecule has 480 valence electrons. The predicted octanol–water partition coefficient (Wildman–Crippen LogP) is 11.3. The van der Waals surface area contributed by atoms with Crippen molar-refractivity contribution in [3.05, 3.63) is 46.6 Å². The third-order valence-corrected chi connectivity index (χ3v) is 27.7. The van der Waals surface area contributed by atoms with Gasteiger partial charge in [-0.2, -0.15) is 0 Å². The summed E-state index contributed by atoms with van der Waals surface area (Å²) in [5.74, 6) is 0.0793. The molecule has 14 atom stereocenters. The molecule has 0 aliphatic heterocycles. The Kier molecular flexibility index (Phi) is 15.1. The topological polar surface area (TPSA) is 226 Å². The average Bonchev–Trinajstić information content (AvgIpc) is 1.49. The summed E-state index contributed by atoms with van der Waals surface area (Å²) in [5.41, 5.74) is -6.38. The molecule has 0 aromatic rings. The van der Waals surface area contributed by atoms with Gasteiger partial charge in [-0.25, -0.2) is 4.79 Å². The molecule has 14 heteroatoms. The minimum Gasteiger partial charge on any atom is -0.458 e. The largest absolute Gasteiger partial charge is 0.458 e. The number of ether oxygens (including phenoxy) is 3. The van der Waals surface area contributed by atoms with Gasteiger partial charge in [-0.05, 0) is 191 Å². The van der Waals surface area contributed by atoms with Crippen molar-refractivity contribution in [2.45, 2.75) is 250 Å². The third kappa shape index (κ3) is 9.51. The first-order valence-electron chi connectivity index (χ1n) is 34.7. The van der Waals surface area contributed by atoms with Crippen LogP contribution in [0.4, 0.5) is 4.79 Å². The Morgan fingerprint density at radius 3 is 1.33 bits per heavy atom. The van der Waals surface area contributed by atoms with Gasteiger partial charge in [0.05, 0.1) is 30.7 Å². The highest BCUT2D eigenvalue weighted by Crippen LogP contribution is 2.79. The van der Waals surface area contributed by atoms with Crippen molar-refractivity contribution in [1.29, 1.82) is 0 Å². The third-order valence-electron chi connectivity index (χ3n) is 27.7. The maximum atomic E-state index is 14.0. The van der Waals surface area contributed by atoms with E-state index in [1.165, 1.54) is 57.8 Å². The highest BCUT2D eigenvalue weighted by Gasteiger charge is 2.85. The quantitative estimate of drug-likeness (QED) is 0.0366. The minimum absolute atomic E-state index is 0.0122. The van der Waals surface area contributed by atoms with Gasteiger partial charge in [-0.1, -0.05) is 105 Å². The normalized spacial score (nSPS) is 48.0. The SMILES string of the molecule is CC1=C[C@H]2[C@@]3(O)[C@H](C)C[C@]4(OC(=O)CC56CC7CC(CC(C7)C5)C6)[C@H]([C@@H]3C=C(CO)C[C@]2(O)C1=O)C4(C)C.CCCCCCCCNC(=O)OCC1=C[C@H]2[C@@H]3C(C)(C)[C@]3(OC(=O)CC34CC5CC(CC(C5)C3)C4)C[C@@H](C)[C@]2(O)[C@@H]2C=C(C)C(=O)[C@@]2(O)C1. The van der Waals surface area contributed by atoms with Crippen LogP contribution in [0.1, 0.15) is 216 Å². The van der Waals surface area contributed by atoms with Gasteiger partial charge >= 0.3 is 18.0 Å². The number of aliphatic hydroxyl groups is 5. The lowest BCUT2D eigenvalue weighted by atomic mass is 9.49. The van der Waals surface area contributed by atoms with Crippen molar-refractivity contribution in [2.75, 3.05) is 19.8 Å². The molecule has 0 radical (unpaired) electrons. The van der Waals surface area contributed by atoms with Gasteiger partial charge in [0, 0.05) is 65.7 Å². The Balaban J connectivity index is 0.000000166. The minimum atomic E-state index is -1.83. The lowest BCUT2D eigenvalue weighted by molar-refractivity contribution is -0.190. The number of esters is 2. The molecule has 16 aliphatic carbocycles. The molecule has 0 spiro atoms. The van der Waals surface area contributed by atoms with Crippen LogP contribution in [-0.4, -0.2) is 108 Å². The molecule has 12 saturated carbocycles. The van der Waals surface area contributed by atoms with E-state index < -0.39 is 68.8 Å². The molecule has 0 aromatic heterocycles. The average molecular weight is 1200 g/mol. The molecule has 87 heavy (non-hydrogen) atoms. The number of carbonyl (C=O) groups is 5. The van der Waals surface area contributed by atoms with Gasteiger partial charge in [-0.15, -0.1) is 0 Å². The summed E-state index contributed by atoms with van der Waals surface area (Å²) in [7, 11) is 0. The molecule has 6 N–H and O–H groups in total. The Morgan fingerprint density at radius 1 is 0.552 bits per heavy atom. The smallest absolute Gasteiger partial charge is 0.407 e. The summed E-state index contributed by atoms with van der Waals surface area (Å²) < 4.78 is 18.9. The fourth-order valence-electron chi connectivity index (χ4n) is 24.6. The molecule has 14 nitrogen and oxygen atoms in total. The number of rotatable bonds is 16. The van der Waals surface area contributed by atoms with Gasteiger partial charge in [0.15, 0.2) is 11.6 Å². The summed E-state index contributed by atoms with van der Waals surface area (Å²) in [6.45, 7) is 18.2. The van der Waals surface area contributed by atoms with E-state index in [0.717, 1.165) is 93.3 Å². The lowest BCUT2D eigenvalue weighted by Gasteiger charge is -2.56. The number of nitrogens with one attached hydrogen (secondary N) is 1. The summed E-state index contributed by atoms with van der Waals surface area (Å²) in [5, 5.41) is 62.2. The number of aliphatic hydroxyl groups excluding tert-OH is 1. The number of hydrogen-bond donors (Lipinski definition) is 6. The maximum absolute atomic E-state index is 14.0. The first-order valence-corrected chi connectivity index (χ1v) is 34.7. The van der Waals surface area contributed by atoms with Crippen LogP contribution < -0.4 is 5.32 Å². The first-order chi connectivity index (χ1) is 40.9. The molecule has 0 aromatic carbocycles. The van der Waals surface area contributed by atoms with Crippen molar-refractivity contribution in [1.82, 2.24) is 5.32 Å². The number of alkyl carbamates (subject to hydrolysis) is 1. The predicted molar refractivity (Wildman–Crippen MR) is 327 cm³/mol. The van der Waals surface area contributed by atoms with Gasteiger partial charge in [0.1, 0.15) is 29.0 Å². The number of ketones is 2. The maximum Gasteiger partial charge on any atom is 0.407 e. The Morgan fingerprint density at radius 2 is 0.931 bits per heavy atom. The number of carbonyl (C=O) groups excluding carboxylic acids is 5. The Labute approximate surface area is 517 Å². The van der Waals surface area contributed by atoms with Crippen molar-refractivity contribution >= 4 is 29.6 Å². The summed E-state index contributed by atoms with van der Waals surface area (Å²) in [6, 6.07) is 0. The molecule has 16 rings (SSSR count). The van der Waals surface area contributed by atoms with Crippen LogP contribution in [0.5, 0.6) is 0 Å². The number of unbranched alkanes of at least 4 members (excludes halogenated alkanes) is 5. The van der Waals surface area contributed by atoms with E-state index in [1.807, 2.05) is 26.0 Å². The van der Waals surface area contributed by atoms with E-state index in [1.54, 1.807) is 26.0 Å². The zero-order valence-corrected chi connectivity index (χ0v) is 54.0. The molecular weight excluding hydrogens is 1100 g/mol. The highest BCUT2D eigenvalue weighted by molar-refractivity contribution is 6.05. The zero-order chi connectivity index (χ0) is 62.0. The Hall–Kier alpha value is -3.69. The van der Waals surface area contributed by atoms with Crippen molar-refractivity contribution in [3.8, 4) is 0 Å². The first kappa shape index (κ1) is 62.1. The second-order valence-electron chi connectivity index (χ2n) is 33.9. The second-order valence-corrected chi connectivity index (χ2v) is 33.9. The molecule has 0 saturated heterocycles. The van der Waals surface area contributed by atoms with Crippen LogP contribution in [0.3, 0.4) is 0 Å². The highest BCUT2D eigenvalue weighted by atomic mass is 16.6. The number of amides is 1. The standard InChI is InChI=1S/C41H61NO7.C32H44O6/c1-6-7-8-9-10-11-12-42-36(45)48-24-30-17-31-34-37(4,5)40(34,18-26(3)41(31,47)32-13-25(2)35(44)39(32,46)22-30)49-33(43)23-38-19-27-14-28(20-38)16-29(15-27)21-38;1-17-5-24-30(36,27(17)35)14-22(16-33)9-23-26-28(3,4)31(26,10-18(2)32(23,24)37)38-25(34)15-29-11-19-6-20(12-29)8-21(7-19)13-29/h13,17,26-29,31-32,34,46-47H,6-12,14-16,18-24H2,1-5H3,(H,42,45);5,9,18-21,23-24,26,33,36-37H,6-8,10-16H2,1-4H3/t26-,27?,28?,29?,31+,32-,34-,38?,39-,40+,41-;18-,19?,20?,21?,23+,24-,26-,29?,30-,31+,32-/m11/s1. The molecule has 12 fully saturated rings. The number of hydrogen-bond acceptors (Lipinski definition) is 13. The molecule has 8 bridgehead atoms. The van der Waals surface area contributed by atoms with Crippen LogP contribution in [-0.2, 0) is 33.4 Å². The molecule has 0 unspecified atom stereocenters. The molecule has 0 heterocycles. The van der Waals surface area contributed by atoms with E-state index in [4.69, 9.17) is 14.2 Å². The number of fused-ring (bicyclic) bond motifs is 10. The lowest BCUT2D eigenvalue weighted by Crippen LogP contribution is -2.61. The van der Waals surface area contributed by atoms with E-state index in [2.05, 4.69) is 39.9 Å². The van der Waals surface area contributed by atoms with Crippen LogP contribution >= 0.6 is 0 Å². The molecule has 1 amide bonds. The van der Waals surface area contributed by atoms with E-state index in [0.29, 0.717) is 54.5 Å². The summed E-state index contributed by atoms with van der Waals surface area (Å²) >= 11 is 0. The van der Waals surface area contributed by atoms with Gasteiger partial charge in [0.25, 0.3) is 0 Å². The molecule has 16 aliphatic rings. The summed E-state index contributed by atoms with van der Waals surface area (Å²) in [6.07, 6.45) is 30.4. The Bertz CT molecular complexity index is 2900. The van der Waals surface area contributed by atoms with Gasteiger partial charge in [-0.3, -0.25) is 19.2 Å². The fraction of sp³-hybridized carbons (Fsp3) is 0.822. The van der Waals surface area contributed by atoms with Crippen LogP contribution in [0, 0.1) is 105 Å². The second kappa shape index (κ2) is 21.2. The summed E-state index contributed by atoms with van der Waals surface area (Å²) in [4.78, 5) is 67.2. The van der Waals surface area contributed by atoms with Crippen LogP contribution in [0.2, 0.25) is 0 Å². The fourth-order valence-corrected chi connectivity index (χ4v) is 24.6. The van der Waals surface area contributed by atoms with Crippen molar-refractivity contribution in [2.24, 2.45) is 105 Å². The monoisotopic (exact) mass is 1200 g/mol. The van der Waals surface area contributed by atoms with E-state index in [-0.39, 0.29) is 89.5 Å². The van der Waals surface area contributed by atoms with Crippen molar-refractivity contribution in [3.63, 3.8) is 0 Å². The van der Waals surface area contributed by atoms with Gasteiger partial charge in [0.2, 0.25) is 0 Å². The molecular formula is C73H105NO13. The van der Waals surface area contributed by atoms with Gasteiger partial charge < -0.3 is 45.1 Å². The zero-order valence-electron chi connectivity index (χ0n) is 54.0. The number of Topliss-reactive ketones (excluding diaryl/α,β-unsaturated/α-hetero) is 2. The van der Waals surface area contributed by atoms with Crippen LogP contribution in [0.25, 0.3) is 0 Å². The van der Waals surface area contributed by atoms with Crippen molar-refractivity contribution < 1.29 is 63.7 Å².